The molecule has 0 aromatic heterocycles. The summed E-state index contributed by atoms with van der Waals surface area (Å²) in [6.45, 7) is 0.698. The summed E-state index contributed by atoms with van der Waals surface area (Å²) in [4.78, 5) is 0. The Kier molecular flexibility index (Phi) is 4.12. The zero-order valence-electron chi connectivity index (χ0n) is 11.4. The van der Waals surface area contributed by atoms with Crippen molar-refractivity contribution in [3.05, 3.63) is 23.8 Å². The van der Waals surface area contributed by atoms with E-state index in [-0.39, 0.29) is 5.41 Å². The van der Waals surface area contributed by atoms with Gasteiger partial charge in [-0.1, -0.05) is 19.3 Å². The molecule has 3 nitrogen and oxygen atoms in total. The topological polar surface area (TPSA) is 44.5 Å². The molecule has 0 spiro atoms. The second-order valence-corrected chi connectivity index (χ2v) is 5.15. The third kappa shape index (κ3) is 2.46. The van der Waals surface area contributed by atoms with Gasteiger partial charge in [-0.25, -0.2) is 0 Å². The third-order valence-corrected chi connectivity index (χ3v) is 4.17. The Labute approximate surface area is 109 Å². The van der Waals surface area contributed by atoms with Crippen LogP contribution in [0.4, 0.5) is 0 Å². The van der Waals surface area contributed by atoms with Gasteiger partial charge in [0, 0.05) is 18.0 Å². The molecule has 3 heteroatoms. The largest absolute Gasteiger partial charge is 0.497 e. The molecule has 0 aliphatic heterocycles. The number of benzene rings is 1. The van der Waals surface area contributed by atoms with Crippen molar-refractivity contribution in [1.82, 2.24) is 0 Å². The van der Waals surface area contributed by atoms with Crippen LogP contribution in [0.5, 0.6) is 11.5 Å². The normalized spacial score (nSPS) is 18.4. The quantitative estimate of drug-likeness (QED) is 0.892. The molecule has 18 heavy (non-hydrogen) atoms. The minimum absolute atomic E-state index is 0.111. The van der Waals surface area contributed by atoms with Crippen LogP contribution < -0.4 is 15.2 Å². The molecule has 0 atom stereocenters. The van der Waals surface area contributed by atoms with E-state index in [0.717, 1.165) is 11.5 Å². The number of methoxy groups -OCH3 is 2. The fraction of sp³-hybridized carbons (Fsp3) is 0.600. The monoisotopic (exact) mass is 249 g/mol. The van der Waals surface area contributed by atoms with Crippen molar-refractivity contribution >= 4 is 0 Å². The maximum absolute atomic E-state index is 6.07. The lowest BCUT2D eigenvalue weighted by molar-refractivity contribution is 0.297. The van der Waals surface area contributed by atoms with Crippen LogP contribution in [0.15, 0.2) is 18.2 Å². The third-order valence-electron chi connectivity index (χ3n) is 4.17. The van der Waals surface area contributed by atoms with Crippen molar-refractivity contribution in [1.29, 1.82) is 0 Å². The van der Waals surface area contributed by atoms with Gasteiger partial charge in [0.1, 0.15) is 11.5 Å². The SMILES string of the molecule is COc1cc(OC)cc(C2(CN)CCCCC2)c1. The van der Waals surface area contributed by atoms with Gasteiger partial charge >= 0.3 is 0 Å². The summed E-state index contributed by atoms with van der Waals surface area (Å²) in [7, 11) is 3.38. The summed E-state index contributed by atoms with van der Waals surface area (Å²) in [5.41, 5.74) is 7.45. The summed E-state index contributed by atoms with van der Waals surface area (Å²) in [5, 5.41) is 0. The highest BCUT2D eigenvalue weighted by Gasteiger charge is 2.33. The Morgan fingerprint density at radius 1 is 1.00 bits per heavy atom. The second kappa shape index (κ2) is 5.61. The van der Waals surface area contributed by atoms with E-state index in [2.05, 4.69) is 12.1 Å². The smallest absolute Gasteiger partial charge is 0.122 e. The Morgan fingerprint density at radius 3 is 2.00 bits per heavy atom. The van der Waals surface area contributed by atoms with Gasteiger partial charge in [0.2, 0.25) is 0 Å². The van der Waals surface area contributed by atoms with Crippen LogP contribution in [0.2, 0.25) is 0 Å². The molecule has 2 N–H and O–H groups in total. The van der Waals surface area contributed by atoms with Crippen molar-refractivity contribution in [3.8, 4) is 11.5 Å². The van der Waals surface area contributed by atoms with E-state index >= 15 is 0 Å². The molecular formula is C15H23NO2. The van der Waals surface area contributed by atoms with Gasteiger partial charge in [-0.2, -0.15) is 0 Å². The summed E-state index contributed by atoms with van der Waals surface area (Å²) in [5.74, 6) is 1.70. The second-order valence-electron chi connectivity index (χ2n) is 5.15. The zero-order valence-corrected chi connectivity index (χ0v) is 11.4. The van der Waals surface area contributed by atoms with Gasteiger partial charge < -0.3 is 15.2 Å². The highest BCUT2D eigenvalue weighted by Crippen LogP contribution is 2.41. The van der Waals surface area contributed by atoms with Crippen LogP contribution in [0, 0.1) is 0 Å². The summed E-state index contributed by atoms with van der Waals surface area (Å²) in [6, 6.07) is 6.14. The number of ether oxygens (including phenoxy) is 2. The Balaban J connectivity index is 2.40. The highest BCUT2D eigenvalue weighted by molar-refractivity contribution is 5.42. The molecule has 2 rings (SSSR count). The van der Waals surface area contributed by atoms with Gasteiger partial charge in [-0.15, -0.1) is 0 Å². The first-order valence-corrected chi connectivity index (χ1v) is 6.68. The standard InChI is InChI=1S/C15H23NO2/c1-17-13-8-12(9-14(10-13)18-2)15(11-16)6-4-3-5-7-15/h8-10H,3-7,11,16H2,1-2H3. The molecule has 0 amide bonds. The molecule has 1 aliphatic carbocycles. The highest BCUT2D eigenvalue weighted by atomic mass is 16.5. The molecule has 1 aliphatic rings. The number of hydrogen-bond donors (Lipinski definition) is 1. The van der Waals surface area contributed by atoms with Gasteiger partial charge in [0.15, 0.2) is 0 Å². The average molecular weight is 249 g/mol. The van der Waals surface area contributed by atoms with Gasteiger partial charge in [-0.3, -0.25) is 0 Å². The summed E-state index contributed by atoms with van der Waals surface area (Å²) in [6.07, 6.45) is 6.18. The van der Waals surface area contributed by atoms with Gasteiger partial charge in [-0.05, 0) is 30.5 Å². The van der Waals surface area contributed by atoms with E-state index in [9.17, 15) is 0 Å². The van der Waals surface area contributed by atoms with Crippen molar-refractivity contribution in [2.75, 3.05) is 20.8 Å². The molecule has 1 aromatic carbocycles. The molecule has 0 heterocycles. The van der Waals surface area contributed by atoms with Crippen LogP contribution in [0.25, 0.3) is 0 Å². The van der Waals surface area contributed by atoms with Crippen LogP contribution >= 0.6 is 0 Å². The molecule has 1 saturated carbocycles. The molecule has 1 aromatic rings. The predicted molar refractivity (Wildman–Crippen MR) is 73.4 cm³/mol. The first kappa shape index (κ1) is 13.2. The van der Waals surface area contributed by atoms with E-state index in [1.165, 1.54) is 37.7 Å². The Hall–Kier alpha value is -1.22. The first-order valence-electron chi connectivity index (χ1n) is 6.68. The van der Waals surface area contributed by atoms with E-state index in [4.69, 9.17) is 15.2 Å². The fourth-order valence-corrected chi connectivity index (χ4v) is 2.95. The van der Waals surface area contributed by atoms with Crippen molar-refractivity contribution in [3.63, 3.8) is 0 Å². The van der Waals surface area contributed by atoms with Gasteiger partial charge in [0.05, 0.1) is 14.2 Å². The van der Waals surface area contributed by atoms with Gasteiger partial charge in [0.25, 0.3) is 0 Å². The summed E-state index contributed by atoms with van der Waals surface area (Å²) >= 11 is 0. The lowest BCUT2D eigenvalue weighted by atomic mass is 9.69. The van der Waals surface area contributed by atoms with E-state index in [1.807, 2.05) is 6.07 Å². The van der Waals surface area contributed by atoms with E-state index < -0.39 is 0 Å². The molecule has 0 radical (unpaired) electrons. The minimum Gasteiger partial charge on any atom is -0.497 e. The van der Waals surface area contributed by atoms with Crippen LogP contribution in [0.1, 0.15) is 37.7 Å². The maximum atomic E-state index is 6.07. The van der Waals surface area contributed by atoms with Crippen molar-refractivity contribution < 1.29 is 9.47 Å². The maximum Gasteiger partial charge on any atom is 0.122 e. The molecule has 0 unspecified atom stereocenters. The van der Waals surface area contributed by atoms with Crippen LogP contribution in [-0.4, -0.2) is 20.8 Å². The molecular weight excluding hydrogens is 226 g/mol. The predicted octanol–water partition coefficient (Wildman–Crippen LogP) is 2.86. The molecule has 1 fully saturated rings. The zero-order chi connectivity index (χ0) is 13.0. The lowest BCUT2D eigenvalue weighted by Crippen LogP contribution is -2.37. The Bertz CT molecular complexity index is 375. The minimum atomic E-state index is 0.111. The first-order chi connectivity index (χ1) is 8.74. The average Bonchev–Trinajstić information content (AvgIpc) is 2.47. The molecule has 100 valence electrons. The molecule has 0 saturated heterocycles. The molecule has 0 bridgehead atoms. The fourth-order valence-electron chi connectivity index (χ4n) is 2.95. The number of nitrogens with two attached hydrogens (primary N) is 1. The van der Waals surface area contributed by atoms with Crippen molar-refractivity contribution in [2.45, 2.75) is 37.5 Å². The lowest BCUT2D eigenvalue weighted by Gasteiger charge is -2.37. The van der Waals surface area contributed by atoms with E-state index in [0.29, 0.717) is 6.54 Å². The van der Waals surface area contributed by atoms with E-state index in [1.54, 1.807) is 14.2 Å². The summed E-state index contributed by atoms with van der Waals surface area (Å²) < 4.78 is 10.7. The number of rotatable bonds is 4. The van der Waals surface area contributed by atoms with Crippen molar-refractivity contribution in [2.24, 2.45) is 5.73 Å². The number of hydrogen-bond acceptors (Lipinski definition) is 3. The van der Waals surface area contributed by atoms with Crippen LogP contribution in [0.3, 0.4) is 0 Å². The van der Waals surface area contributed by atoms with Crippen LogP contribution in [-0.2, 0) is 5.41 Å². The Morgan fingerprint density at radius 2 is 1.56 bits per heavy atom.